The molecule has 1 aromatic carbocycles. The fourth-order valence-corrected chi connectivity index (χ4v) is 2.23. The molecule has 0 aliphatic heterocycles. The minimum absolute atomic E-state index is 0. The van der Waals surface area contributed by atoms with Gasteiger partial charge in [-0.1, -0.05) is 0 Å². The fraction of sp³-hybridized carbons (Fsp3) is 0.143. The monoisotopic (exact) mass is 274 g/mol. The van der Waals surface area contributed by atoms with Crippen molar-refractivity contribution in [1.82, 2.24) is 0 Å². The minimum atomic E-state index is -2.53. The SMILES string of the molecule is Cc1cc(F)c(S(=O)[O-])c(Br)c1.[Na+]. The summed E-state index contributed by atoms with van der Waals surface area (Å²) in [4.78, 5) is -0.319. The van der Waals surface area contributed by atoms with Crippen LogP contribution >= 0.6 is 15.9 Å². The van der Waals surface area contributed by atoms with E-state index in [1.54, 1.807) is 13.0 Å². The summed E-state index contributed by atoms with van der Waals surface area (Å²) in [5.41, 5.74) is 0.675. The van der Waals surface area contributed by atoms with E-state index in [0.29, 0.717) is 5.56 Å². The van der Waals surface area contributed by atoms with E-state index in [9.17, 15) is 13.2 Å². The van der Waals surface area contributed by atoms with Crippen LogP contribution in [0.3, 0.4) is 0 Å². The molecule has 0 spiro atoms. The zero-order valence-corrected chi connectivity index (χ0v) is 11.5. The Kier molecular flexibility index (Phi) is 5.90. The van der Waals surface area contributed by atoms with E-state index in [1.807, 2.05) is 0 Å². The van der Waals surface area contributed by atoms with Gasteiger partial charge in [0.15, 0.2) is 0 Å². The molecule has 1 rings (SSSR count). The van der Waals surface area contributed by atoms with Crippen molar-refractivity contribution in [2.45, 2.75) is 11.8 Å². The second-order valence-electron chi connectivity index (χ2n) is 2.29. The molecule has 13 heavy (non-hydrogen) atoms. The van der Waals surface area contributed by atoms with Gasteiger partial charge in [-0.15, -0.1) is 0 Å². The predicted octanol–water partition coefficient (Wildman–Crippen LogP) is -0.861. The zero-order chi connectivity index (χ0) is 9.30. The van der Waals surface area contributed by atoms with Crippen LogP contribution in [0.25, 0.3) is 0 Å². The Morgan fingerprint density at radius 2 is 2.08 bits per heavy atom. The van der Waals surface area contributed by atoms with Gasteiger partial charge in [0, 0.05) is 4.47 Å². The van der Waals surface area contributed by atoms with Gasteiger partial charge < -0.3 is 4.55 Å². The number of hydrogen-bond donors (Lipinski definition) is 0. The maximum absolute atomic E-state index is 12.9. The van der Waals surface area contributed by atoms with E-state index < -0.39 is 16.9 Å². The Morgan fingerprint density at radius 1 is 1.54 bits per heavy atom. The average Bonchev–Trinajstić information content (AvgIpc) is 1.82. The smallest absolute Gasteiger partial charge is 0.768 e. The summed E-state index contributed by atoms with van der Waals surface area (Å²) in [7, 11) is 0. The Bertz CT molecular complexity index is 322. The van der Waals surface area contributed by atoms with E-state index in [1.165, 1.54) is 6.07 Å². The molecule has 0 amide bonds. The molecule has 0 radical (unpaired) electrons. The van der Waals surface area contributed by atoms with Gasteiger partial charge in [0.05, 0.1) is 4.90 Å². The largest absolute Gasteiger partial charge is 1.00 e. The van der Waals surface area contributed by atoms with Gasteiger partial charge >= 0.3 is 29.6 Å². The van der Waals surface area contributed by atoms with Crippen molar-refractivity contribution in [2.24, 2.45) is 0 Å². The third-order valence-corrected chi connectivity index (χ3v) is 2.95. The number of halogens is 2. The minimum Gasteiger partial charge on any atom is -0.768 e. The van der Waals surface area contributed by atoms with Crippen molar-refractivity contribution in [3.8, 4) is 0 Å². The van der Waals surface area contributed by atoms with Gasteiger partial charge in [-0.05, 0) is 51.6 Å². The molecule has 1 unspecified atom stereocenters. The topological polar surface area (TPSA) is 40.1 Å². The average molecular weight is 275 g/mol. The summed E-state index contributed by atoms with van der Waals surface area (Å²) in [5, 5.41) is 0. The van der Waals surface area contributed by atoms with Gasteiger partial charge in [0.1, 0.15) is 5.82 Å². The maximum atomic E-state index is 12.9. The van der Waals surface area contributed by atoms with Gasteiger partial charge in [-0.25, -0.2) is 4.39 Å². The Hall–Kier alpha value is 0.740. The molecular formula is C7H5BrFNaO2S. The molecule has 6 heteroatoms. The summed E-state index contributed by atoms with van der Waals surface area (Å²) in [6, 6.07) is 2.73. The first-order chi connectivity index (χ1) is 5.52. The van der Waals surface area contributed by atoms with Crippen molar-refractivity contribution in [1.29, 1.82) is 0 Å². The van der Waals surface area contributed by atoms with Gasteiger partial charge in [0.25, 0.3) is 0 Å². The Balaban J connectivity index is 0.00000144. The summed E-state index contributed by atoms with van der Waals surface area (Å²) >= 11 is 0.433. The second kappa shape index (κ2) is 5.58. The van der Waals surface area contributed by atoms with Crippen LogP contribution in [0.15, 0.2) is 21.5 Å². The van der Waals surface area contributed by atoms with Crippen molar-refractivity contribution >= 4 is 27.0 Å². The summed E-state index contributed by atoms with van der Waals surface area (Å²) < 4.78 is 34.2. The van der Waals surface area contributed by atoms with E-state index in [2.05, 4.69) is 15.9 Å². The molecule has 1 aromatic rings. The number of benzene rings is 1. The van der Waals surface area contributed by atoms with Crippen LogP contribution in [-0.4, -0.2) is 8.76 Å². The number of rotatable bonds is 1. The molecule has 0 aliphatic rings. The molecule has 0 aliphatic carbocycles. The van der Waals surface area contributed by atoms with E-state index in [0.717, 1.165) is 0 Å². The van der Waals surface area contributed by atoms with Crippen molar-refractivity contribution in [3.63, 3.8) is 0 Å². The Labute approximate surface area is 109 Å². The van der Waals surface area contributed by atoms with Crippen molar-refractivity contribution < 1.29 is 42.7 Å². The van der Waals surface area contributed by atoms with Gasteiger partial charge in [-0.3, -0.25) is 4.21 Å². The summed E-state index contributed by atoms with van der Waals surface area (Å²) in [5.74, 6) is -0.727. The quantitative estimate of drug-likeness (QED) is 0.494. The van der Waals surface area contributed by atoms with E-state index in [-0.39, 0.29) is 38.9 Å². The van der Waals surface area contributed by atoms with Crippen LogP contribution in [0.4, 0.5) is 4.39 Å². The van der Waals surface area contributed by atoms with Crippen molar-refractivity contribution in [2.75, 3.05) is 0 Å². The maximum Gasteiger partial charge on any atom is 1.00 e. The Morgan fingerprint density at radius 3 is 2.46 bits per heavy atom. The van der Waals surface area contributed by atoms with Gasteiger partial charge in [0.2, 0.25) is 0 Å². The zero-order valence-electron chi connectivity index (χ0n) is 7.14. The number of aryl methyl sites for hydroxylation is 1. The van der Waals surface area contributed by atoms with Crippen LogP contribution in [0.5, 0.6) is 0 Å². The third kappa shape index (κ3) is 3.42. The molecule has 66 valence electrons. The predicted molar refractivity (Wildman–Crippen MR) is 46.0 cm³/mol. The van der Waals surface area contributed by atoms with Crippen LogP contribution < -0.4 is 29.6 Å². The first kappa shape index (κ1) is 13.7. The first-order valence-electron chi connectivity index (χ1n) is 3.07. The molecule has 0 saturated carbocycles. The third-order valence-electron chi connectivity index (χ3n) is 1.31. The fourth-order valence-electron chi connectivity index (χ4n) is 0.846. The molecule has 0 saturated heterocycles. The molecule has 0 fully saturated rings. The normalized spacial score (nSPS) is 12.0. The van der Waals surface area contributed by atoms with Crippen LogP contribution in [-0.2, 0) is 11.1 Å². The number of hydrogen-bond acceptors (Lipinski definition) is 2. The van der Waals surface area contributed by atoms with Crippen LogP contribution in [0, 0.1) is 12.7 Å². The molecule has 0 N–H and O–H groups in total. The first-order valence-corrected chi connectivity index (χ1v) is 4.94. The molecule has 0 aromatic heterocycles. The van der Waals surface area contributed by atoms with Crippen LogP contribution in [0.1, 0.15) is 5.56 Å². The van der Waals surface area contributed by atoms with Crippen molar-refractivity contribution in [3.05, 3.63) is 28.0 Å². The summed E-state index contributed by atoms with van der Waals surface area (Å²) in [6.07, 6.45) is 0. The van der Waals surface area contributed by atoms with E-state index >= 15 is 0 Å². The molecular weight excluding hydrogens is 270 g/mol. The molecule has 0 heterocycles. The molecule has 2 nitrogen and oxygen atoms in total. The van der Waals surface area contributed by atoms with Gasteiger partial charge in [-0.2, -0.15) is 0 Å². The standard InChI is InChI=1S/C7H6BrFO2S.Na/c1-4-2-5(8)7(12(10)11)6(9)3-4;/h2-3H,1H3,(H,10,11);/q;+1/p-1. The molecule has 1 atom stereocenters. The second-order valence-corrected chi connectivity index (χ2v) is 4.02. The molecule has 0 bridgehead atoms. The van der Waals surface area contributed by atoms with Crippen LogP contribution in [0.2, 0.25) is 0 Å². The summed E-state index contributed by atoms with van der Waals surface area (Å²) in [6.45, 7) is 1.69. The van der Waals surface area contributed by atoms with E-state index in [4.69, 9.17) is 0 Å².